The minimum Gasteiger partial charge on any atom is -0.310 e. The fourth-order valence-corrected chi connectivity index (χ4v) is 3.80. The normalized spacial score (nSPS) is 12.0. The van der Waals surface area contributed by atoms with Gasteiger partial charge in [0.2, 0.25) is 10.0 Å². The van der Waals surface area contributed by atoms with Crippen LogP contribution in [0, 0.1) is 0 Å². The molecule has 6 heteroatoms. The average Bonchev–Trinajstić information content (AvgIpc) is 2.97. The Morgan fingerprint density at radius 2 is 1.90 bits per heavy atom. The summed E-state index contributed by atoms with van der Waals surface area (Å²) in [6.07, 6.45) is 0. The van der Waals surface area contributed by atoms with Crippen LogP contribution in [-0.2, 0) is 23.1 Å². The van der Waals surface area contributed by atoms with Crippen molar-refractivity contribution in [2.75, 3.05) is 0 Å². The van der Waals surface area contributed by atoms with Crippen LogP contribution in [0.5, 0.6) is 0 Å². The number of sulfonamides is 1. The van der Waals surface area contributed by atoms with Crippen LogP contribution < -0.4 is 10.0 Å². The molecule has 1 aromatic heterocycles. The smallest absolute Gasteiger partial charge is 0.241 e. The summed E-state index contributed by atoms with van der Waals surface area (Å²) >= 11 is 1.56. The molecule has 0 bridgehead atoms. The zero-order chi connectivity index (χ0) is 15.3. The van der Waals surface area contributed by atoms with Crippen molar-refractivity contribution in [3.63, 3.8) is 0 Å². The van der Waals surface area contributed by atoms with Crippen molar-refractivity contribution in [3.05, 3.63) is 52.2 Å². The summed E-state index contributed by atoms with van der Waals surface area (Å²) in [5.41, 5.74) is 1.75. The fourth-order valence-electron chi connectivity index (χ4n) is 1.88. The fraction of sp³-hybridized carbons (Fsp3) is 0.333. The second kappa shape index (κ2) is 7.17. The number of nitrogens with one attached hydrogen (secondary N) is 2. The minimum atomic E-state index is -3.50. The highest BCUT2D eigenvalue weighted by atomic mass is 32.2. The predicted octanol–water partition coefficient (Wildman–Crippen LogP) is 2.72. The molecule has 0 unspecified atom stereocenters. The Balaban J connectivity index is 2.15. The molecule has 2 N–H and O–H groups in total. The zero-order valence-corrected chi connectivity index (χ0v) is 13.8. The first-order valence-corrected chi connectivity index (χ1v) is 9.23. The van der Waals surface area contributed by atoms with E-state index in [4.69, 9.17) is 0 Å². The third-order valence-corrected chi connectivity index (χ3v) is 5.24. The van der Waals surface area contributed by atoms with Gasteiger partial charge in [0.25, 0.3) is 0 Å². The number of hydrogen-bond donors (Lipinski definition) is 2. The first kappa shape index (κ1) is 16.2. The first-order valence-electron chi connectivity index (χ1n) is 6.81. The molecule has 0 radical (unpaired) electrons. The van der Waals surface area contributed by atoms with Crippen molar-refractivity contribution in [1.29, 1.82) is 0 Å². The molecule has 1 aromatic carbocycles. The van der Waals surface area contributed by atoms with Crippen molar-refractivity contribution >= 4 is 21.4 Å². The van der Waals surface area contributed by atoms with Gasteiger partial charge in [0, 0.05) is 19.1 Å². The van der Waals surface area contributed by atoms with Crippen molar-refractivity contribution in [3.8, 4) is 0 Å². The number of thiophene rings is 1. The molecule has 0 saturated carbocycles. The second-order valence-corrected chi connectivity index (χ2v) is 7.61. The number of hydrogen-bond acceptors (Lipinski definition) is 4. The van der Waals surface area contributed by atoms with Crippen LogP contribution in [0.25, 0.3) is 0 Å². The van der Waals surface area contributed by atoms with Crippen molar-refractivity contribution in [1.82, 2.24) is 10.0 Å². The molecule has 114 valence electrons. The maximum atomic E-state index is 12.5. The Labute approximate surface area is 130 Å². The molecule has 21 heavy (non-hydrogen) atoms. The largest absolute Gasteiger partial charge is 0.310 e. The summed E-state index contributed by atoms with van der Waals surface area (Å²) in [4.78, 5) is 0.341. The molecular weight excluding hydrogens is 304 g/mol. The molecule has 2 aromatic rings. The predicted molar refractivity (Wildman–Crippen MR) is 86.8 cm³/mol. The van der Waals surface area contributed by atoms with E-state index in [1.165, 1.54) is 0 Å². The van der Waals surface area contributed by atoms with Crippen LogP contribution in [0.1, 0.15) is 25.0 Å². The van der Waals surface area contributed by atoms with Gasteiger partial charge in [-0.3, -0.25) is 0 Å². The summed E-state index contributed by atoms with van der Waals surface area (Å²) in [5, 5.41) is 7.13. The van der Waals surface area contributed by atoms with Crippen LogP contribution in [0.2, 0.25) is 0 Å². The monoisotopic (exact) mass is 324 g/mol. The zero-order valence-electron chi connectivity index (χ0n) is 12.2. The van der Waals surface area contributed by atoms with E-state index in [0.29, 0.717) is 24.0 Å². The lowest BCUT2D eigenvalue weighted by atomic mass is 10.2. The third kappa shape index (κ3) is 4.64. The minimum absolute atomic E-state index is 0.305. The van der Waals surface area contributed by atoms with Gasteiger partial charge in [-0.05, 0) is 34.0 Å². The highest BCUT2D eigenvalue weighted by Crippen LogP contribution is 2.16. The van der Waals surface area contributed by atoms with Gasteiger partial charge in [-0.1, -0.05) is 32.0 Å². The van der Waals surface area contributed by atoms with E-state index in [2.05, 4.69) is 10.0 Å². The van der Waals surface area contributed by atoms with Gasteiger partial charge in [0.1, 0.15) is 0 Å². The average molecular weight is 324 g/mol. The van der Waals surface area contributed by atoms with E-state index in [1.807, 2.05) is 42.8 Å². The molecule has 0 aliphatic rings. The molecule has 2 rings (SSSR count). The summed E-state index contributed by atoms with van der Waals surface area (Å²) in [5.74, 6) is 0. The Bertz CT molecular complexity index is 665. The molecule has 1 heterocycles. The Morgan fingerprint density at radius 1 is 1.14 bits per heavy atom. The van der Waals surface area contributed by atoms with Gasteiger partial charge in [0.05, 0.1) is 4.90 Å². The lowest BCUT2D eigenvalue weighted by molar-refractivity contribution is 0.568. The maximum absolute atomic E-state index is 12.5. The van der Waals surface area contributed by atoms with Gasteiger partial charge in [-0.15, -0.1) is 0 Å². The van der Waals surface area contributed by atoms with Gasteiger partial charge in [0.15, 0.2) is 0 Å². The van der Waals surface area contributed by atoms with Crippen LogP contribution in [0.4, 0.5) is 0 Å². The summed E-state index contributed by atoms with van der Waals surface area (Å²) < 4.78 is 27.6. The van der Waals surface area contributed by atoms with E-state index in [9.17, 15) is 8.42 Å². The van der Waals surface area contributed by atoms with E-state index < -0.39 is 10.0 Å². The van der Waals surface area contributed by atoms with Crippen molar-refractivity contribution < 1.29 is 8.42 Å². The molecule has 0 aliphatic heterocycles. The van der Waals surface area contributed by atoms with Crippen LogP contribution in [-0.4, -0.2) is 14.5 Å². The van der Waals surface area contributed by atoms with Crippen LogP contribution in [0.3, 0.4) is 0 Å². The molecular formula is C15H20N2O2S2. The van der Waals surface area contributed by atoms with Crippen LogP contribution >= 0.6 is 11.3 Å². The lowest BCUT2D eigenvalue weighted by Crippen LogP contribution is -2.27. The number of benzene rings is 1. The standard InChI is InChI=1S/C15H20N2O2S2/c1-12(2)16-10-14-5-3-4-6-15(14)21(18,19)17-9-13-7-8-20-11-13/h3-8,11-12,16-17H,9-10H2,1-2H3. The van der Waals surface area contributed by atoms with Gasteiger partial charge < -0.3 is 5.32 Å². The Hall–Kier alpha value is -1.21. The summed E-state index contributed by atoms with van der Waals surface area (Å²) in [6.45, 7) is 4.92. The maximum Gasteiger partial charge on any atom is 0.241 e. The number of rotatable bonds is 7. The SMILES string of the molecule is CC(C)NCc1ccccc1S(=O)(=O)NCc1ccsc1. The van der Waals surface area contributed by atoms with Crippen molar-refractivity contribution in [2.24, 2.45) is 0 Å². The van der Waals surface area contributed by atoms with E-state index in [1.54, 1.807) is 23.5 Å². The molecule has 0 atom stereocenters. The van der Waals surface area contributed by atoms with E-state index in [0.717, 1.165) is 11.1 Å². The van der Waals surface area contributed by atoms with E-state index in [-0.39, 0.29) is 0 Å². The molecule has 0 spiro atoms. The topological polar surface area (TPSA) is 58.2 Å². The molecule has 0 fully saturated rings. The quantitative estimate of drug-likeness (QED) is 0.823. The molecule has 0 aliphatic carbocycles. The van der Waals surface area contributed by atoms with Gasteiger partial charge in [-0.2, -0.15) is 11.3 Å². The highest BCUT2D eigenvalue weighted by molar-refractivity contribution is 7.89. The lowest BCUT2D eigenvalue weighted by Gasteiger charge is -2.13. The Morgan fingerprint density at radius 3 is 2.57 bits per heavy atom. The summed E-state index contributed by atoms with van der Waals surface area (Å²) in [6, 6.07) is 9.31. The molecule has 4 nitrogen and oxygen atoms in total. The third-order valence-electron chi connectivity index (χ3n) is 3.01. The Kier molecular flexibility index (Phi) is 5.52. The summed E-state index contributed by atoms with van der Waals surface area (Å²) in [7, 11) is -3.50. The van der Waals surface area contributed by atoms with Crippen LogP contribution in [0.15, 0.2) is 46.0 Å². The second-order valence-electron chi connectivity index (χ2n) is 5.10. The molecule has 0 amide bonds. The highest BCUT2D eigenvalue weighted by Gasteiger charge is 2.17. The van der Waals surface area contributed by atoms with Gasteiger partial charge >= 0.3 is 0 Å². The van der Waals surface area contributed by atoms with Crippen molar-refractivity contribution in [2.45, 2.75) is 37.9 Å². The molecule has 0 saturated heterocycles. The first-order chi connectivity index (χ1) is 9.99. The van der Waals surface area contributed by atoms with Gasteiger partial charge in [-0.25, -0.2) is 13.1 Å². The van der Waals surface area contributed by atoms with E-state index >= 15 is 0 Å².